The molecule has 17 heavy (non-hydrogen) atoms. The molecule has 0 aliphatic carbocycles. The minimum atomic E-state index is -0.495. The van der Waals surface area contributed by atoms with Gasteiger partial charge >= 0.3 is 0 Å². The lowest BCUT2D eigenvalue weighted by atomic mass is 9.90. The van der Waals surface area contributed by atoms with E-state index in [0.717, 1.165) is 36.3 Å². The molecular formula is C14H20O3. The molecule has 1 N–H and O–H groups in total. The first kappa shape index (κ1) is 12.4. The van der Waals surface area contributed by atoms with E-state index in [1.165, 1.54) is 0 Å². The second-order valence-electron chi connectivity index (χ2n) is 4.67. The zero-order valence-corrected chi connectivity index (χ0v) is 10.5. The Morgan fingerprint density at radius 3 is 2.94 bits per heavy atom. The molecule has 1 aliphatic heterocycles. The third-order valence-corrected chi connectivity index (χ3v) is 3.35. The van der Waals surface area contributed by atoms with Gasteiger partial charge in [-0.2, -0.15) is 0 Å². The number of benzene rings is 1. The van der Waals surface area contributed by atoms with Gasteiger partial charge in [-0.3, -0.25) is 0 Å². The molecule has 2 atom stereocenters. The Kier molecular flexibility index (Phi) is 4.02. The number of hydrogen-bond acceptors (Lipinski definition) is 3. The van der Waals surface area contributed by atoms with E-state index in [9.17, 15) is 5.11 Å². The fraction of sp³-hybridized carbons (Fsp3) is 0.571. The van der Waals surface area contributed by atoms with E-state index in [1.54, 1.807) is 7.11 Å². The maximum atomic E-state index is 10.4. The van der Waals surface area contributed by atoms with Gasteiger partial charge in [0, 0.05) is 18.1 Å². The Balaban J connectivity index is 2.19. The fourth-order valence-electron chi connectivity index (χ4n) is 2.33. The quantitative estimate of drug-likeness (QED) is 0.876. The van der Waals surface area contributed by atoms with Crippen LogP contribution in [0.4, 0.5) is 0 Å². The van der Waals surface area contributed by atoms with E-state index in [4.69, 9.17) is 9.47 Å². The second kappa shape index (κ2) is 5.52. The highest BCUT2D eigenvalue weighted by molar-refractivity contribution is 5.38. The number of rotatable bonds is 3. The summed E-state index contributed by atoms with van der Waals surface area (Å²) >= 11 is 0. The van der Waals surface area contributed by atoms with Gasteiger partial charge in [-0.1, -0.05) is 12.1 Å². The summed E-state index contributed by atoms with van der Waals surface area (Å²) in [5.74, 6) is 0.948. The van der Waals surface area contributed by atoms with Crippen LogP contribution in [-0.4, -0.2) is 25.4 Å². The molecule has 0 amide bonds. The second-order valence-corrected chi connectivity index (χ2v) is 4.67. The Morgan fingerprint density at radius 1 is 1.47 bits per heavy atom. The van der Waals surface area contributed by atoms with Gasteiger partial charge in [-0.05, 0) is 31.4 Å². The Morgan fingerprint density at radius 2 is 2.29 bits per heavy atom. The molecule has 1 heterocycles. The molecule has 1 aliphatic rings. The van der Waals surface area contributed by atoms with Crippen LogP contribution in [0, 0.1) is 12.8 Å². The Hall–Kier alpha value is -1.06. The molecule has 3 heteroatoms. The van der Waals surface area contributed by atoms with Crippen molar-refractivity contribution < 1.29 is 14.6 Å². The number of ether oxygens (including phenoxy) is 2. The summed E-state index contributed by atoms with van der Waals surface area (Å²) in [6.07, 6.45) is 1.54. The lowest BCUT2D eigenvalue weighted by Crippen LogP contribution is -2.24. The molecule has 0 saturated carbocycles. The molecule has 1 aromatic carbocycles. The lowest BCUT2D eigenvalue weighted by molar-refractivity contribution is -0.0107. The highest BCUT2D eigenvalue weighted by Crippen LogP contribution is 2.34. The Labute approximate surface area is 102 Å². The average molecular weight is 236 g/mol. The minimum absolute atomic E-state index is 0.181. The zero-order chi connectivity index (χ0) is 12.3. The summed E-state index contributed by atoms with van der Waals surface area (Å²) < 4.78 is 10.8. The van der Waals surface area contributed by atoms with Crippen LogP contribution in [-0.2, 0) is 4.74 Å². The molecule has 1 aromatic rings. The SMILES string of the molecule is COc1cc(C)ccc1C(O)C1CCCOC1. The molecular weight excluding hydrogens is 216 g/mol. The fourth-order valence-corrected chi connectivity index (χ4v) is 2.33. The summed E-state index contributed by atoms with van der Waals surface area (Å²) in [6.45, 7) is 3.47. The van der Waals surface area contributed by atoms with Crippen molar-refractivity contribution in [1.29, 1.82) is 0 Å². The maximum Gasteiger partial charge on any atom is 0.124 e. The summed E-state index contributed by atoms with van der Waals surface area (Å²) in [7, 11) is 1.64. The molecule has 1 saturated heterocycles. The smallest absolute Gasteiger partial charge is 0.124 e. The van der Waals surface area contributed by atoms with Crippen molar-refractivity contribution in [2.75, 3.05) is 20.3 Å². The van der Waals surface area contributed by atoms with Crippen molar-refractivity contribution in [3.05, 3.63) is 29.3 Å². The van der Waals surface area contributed by atoms with Crippen molar-refractivity contribution in [3.8, 4) is 5.75 Å². The molecule has 0 radical (unpaired) electrons. The summed E-state index contributed by atoms with van der Waals surface area (Å²) in [5, 5.41) is 10.4. The topological polar surface area (TPSA) is 38.7 Å². The van der Waals surface area contributed by atoms with Gasteiger partial charge in [0.1, 0.15) is 5.75 Å². The number of aryl methyl sites for hydroxylation is 1. The highest BCUT2D eigenvalue weighted by Gasteiger charge is 2.25. The van der Waals surface area contributed by atoms with Gasteiger partial charge in [-0.25, -0.2) is 0 Å². The molecule has 0 bridgehead atoms. The number of hydrogen-bond donors (Lipinski definition) is 1. The van der Waals surface area contributed by atoms with E-state index in [1.807, 2.05) is 25.1 Å². The van der Waals surface area contributed by atoms with Crippen molar-refractivity contribution in [2.45, 2.75) is 25.9 Å². The zero-order valence-electron chi connectivity index (χ0n) is 10.5. The first-order valence-corrected chi connectivity index (χ1v) is 6.12. The van der Waals surface area contributed by atoms with Crippen molar-refractivity contribution in [2.24, 2.45) is 5.92 Å². The first-order chi connectivity index (χ1) is 8.22. The van der Waals surface area contributed by atoms with Crippen LogP contribution in [0.5, 0.6) is 5.75 Å². The third kappa shape index (κ3) is 2.79. The molecule has 94 valence electrons. The van der Waals surface area contributed by atoms with Gasteiger partial charge in [0.05, 0.1) is 19.8 Å². The van der Waals surface area contributed by atoms with E-state index in [2.05, 4.69) is 0 Å². The van der Waals surface area contributed by atoms with Crippen LogP contribution < -0.4 is 4.74 Å². The van der Waals surface area contributed by atoms with Crippen LogP contribution in [0.15, 0.2) is 18.2 Å². The largest absolute Gasteiger partial charge is 0.496 e. The van der Waals surface area contributed by atoms with Crippen molar-refractivity contribution >= 4 is 0 Å². The lowest BCUT2D eigenvalue weighted by Gasteiger charge is -2.27. The van der Waals surface area contributed by atoms with Crippen molar-refractivity contribution in [3.63, 3.8) is 0 Å². The van der Waals surface area contributed by atoms with Gasteiger partial charge in [-0.15, -0.1) is 0 Å². The molecule has 0 aromatic heterocycles. The molecule has 2 rings (SSSR count). The van der Waals surface area contributed by atoms with Crippen LogP contribution >= 0.6 is 0 Å². The summed E-state index contributed by atoms with van der Waals surface area (Å²) in [4.78, 5) is 0. The van der Waals surface area contributed by atoms with Crippen LogP contribution in [0.3, 0.4) is 0 Å². The molecule has 0 spiro atoms. The van der Waals surface area contributed by atoms with E-state index in [0.29, 0.717) is 6.61 Å². The van der Waals surface area contributed by atoms with E-state index < -0.39 is 6.10 Å². The number of methoxy groups -OCH3 is 1. The number of aliphatic hydroxyl groups excluding tert-OH is 1. The maximum absolute atomic E-state index is 10.4. The minimum Gasteiger partial charge on any atom is -0.496 e. The van der Waals surface area contributed by atoms with Crippen LogP contribution in [0.1, 0.15) is 30.1 Å². The van der Waals surface area contributed by atoms with Crippen LogP contribution in [0.2, 0.25) is 0 Å². The van der Waals surface area contributed by atoms with Gasteiger partial charge < -0.3 is 14.6 Å². The predicted molar refractivity (Wildman–Crippen MR) is 66.2 cm³/mol. The van der Waals surface area contributed by atoms with Crippen molar-refractivity contribution in [1.82, 2.24) is 0 Å². The standard InChI is InChI=1S/C14H20O3/c1-10-5-6-12(13(8-10)16-2)14(15)11-4-3-7-17-9-11/h5-6,8,11,14-15H,3-4,7,9H2,1-2H3. The van der Waals surface area contributed by atoms with Gasteiger partial charge in [0.25, 0.3) is 0 Å². The third-order valence-electron chi connectivity index (χ3n) is 3.35. The highest BCUT2D eigenvalue weighted by atomic mass is 16.5. The molecule has 2 unspecified atom stereocenters. The summed E-state index contributed by atoms with van der Waals surface area (Å²) in [6, 6.07) is 5.92. The average Bonchev–Trinajstić information content (AvgIpc) is 2.39. The molecule has 3 nitrogen and oxygen atoms in total. The molecule has 1 fully saturated rings. The number of aliphatic hydroxyl groups is 1. The van der Waals surface area contributed by atoms with E-state index >= 15 is 0 Å². The van der Waals surface area contributed by atoms with Crippen LogP contribution in [0.25, 0.3) is 0 Å². The predicted octanol–water partition coefficient (Wildman–Crippen LogP) is 2.46. The normalized spacial score (nSPS) is 22.2. The van der Waals surface area contributed by atoms with Gasteiger partial charge in [0.15, 0.2) is 0 Å². The monoisotopic (exact) mass is 236 g/mol. The summed E-state index contributed by atoms with van der Waals surface area (Å²) in [5.41, 5.74) is 2.01. The Bertz CT molecular complexity index is 370. The van der Waals surface area contributed by atoms with Gasteiger partial charge in [0.2, 0.25) is 0 Å². The first-order valence-electron chi connectivity index (χ1n) is 6.12. The van der Waals surface area contributed by atoms with E-state index in [-0.39, 0.29) is 5.92 Å².